The van der Waals surface area contributed by atoms with E-state index in [0.717, 1.165) is 49.9 Å². The summed E-state index contributed by atoms with van der Waals surface area (Å²) in [6.45, 7) is 0. The number of carbonyl (C=O) groups excluding carboxylic acids is 2. The van der Waals surface area contributed by atoms with Gasteiger partial charge in [-0.3, -0.25) is 9.59 Å². The first-order valence-electron chi connectivity index (χ1n) is 15.4. The molecule has 14 heteroatoms. The number of benzene rings is 4. The molecule has 4 aromatic carbocycles. The van der Waals surface area contributed by atoms with E-state index in [4.69, 9.17) is 9.47 Å². The minimum Gasteiger partial charge on any atom is -0.427 e. The SMILES string of the molecule is O=C(CCCCCCCCC(=O)Oc1ccc(-c2ccc(OC(F)(F)F)c(F)c2)cc1)Oc1ccc(-c2ccc(OC(F)(F)F)c(F)c2)cc1. The number of rotatable bonds is 15. The Labute approximate surface area is 281 Å². The Morgan fingerprint density at radius 3 is 1.10 bits per heavy atom. The van der Waals surface area contributed by atoms with Crippen molar-refractivity contribution in [2.45, 2.75) is 64.1 Å². The molecule has 0 bridgehead atoms. The molecule has 0 aliphatic heterocycles. The lowest BCUT2D eigenvalue weighted by atomic mass is 10.1. The second kappa shape index (κ2) is 17.0. The van der Waals surface area contributed by atoms with Crippen molar-refractivity contribution >= 4 is 11.9 Å². The second-order valence-electron chi connectivity index (χ2n) is 11.0. The fourth-order valence-corrected chi connectivity index (χ4v) is 4.82. The number of carbonyl (C=O) groups is 2. The van der Waals surface area contributed by atoms with Gasteiger partial charge in [0.1, 0.15) is 11.5 Å². The summed E-state index contributed by atoms with van der Waals surface area (Å²) in [5.74, 6) is -4.56. The largest absolute Gasteiger partial charge is 0.573 e. The van der Waals surface area contributed by atoms with E-state index < -0.39 is 47.8 Å². The first-order valence-corrected chi connectivity index (χ1v) is 15.4. The van der Waals surface area contributed by atoms with E-state index in [-0.39, 0.29) is 24.3 Å². The summed E-state index contributed by atoms with van der Waals surface area (Å²) in [5.41, 5.74) is 1.62. The van der Waals surface area contributed by atoms with Crippen LogP contribution in [0, 0.1) is 11.6 Å². The summed E-state index contributed by atoms with van der Waals surface area (Å²) in [5, 5.41) is 0. The molecular weight excluding hydrogens is 680 g/mol. The van der Waals surface area contributed by atoms with Gasteiger partial charge in [0.2, 0.25) is 0 Å². The molecule has 6 nitrogen and oxygen atoms in total. The van der Waals surface area contributed by atoms with E-state index in [1.807, 2.05) is 0 Å². The van der Waals surface area contributed by atoms with Crippen LogP contribution in [-0.4, -0.2) is 24.7 Å². The van der Waals surface area contributed by atoms with Gasteiger partial charge in [0.25, 0.3) is 0 Å². The zero-order valence-corrected chi connectivity index (χ0v) is 26.2. The maximum Gasteiger partial charge on any atom is 0.573 e. The first kappa shape index (κ1) is 37.7. The molecule has 0 aromatic heterocycles. The van der Waals surface area contributed by atoms with E-state index in [0.29, 0.717) is 35.1 Å². The first-order chi connectivity index (χ1) is 23.6. The summed E-state index contributed by atoms with van der Waals surface area (Å²) in [7, 11) is 0. The molecule has 0 amide bonds. The molecule has 0 radical (unpaired) electrons. The van der Waals surface area contributed by atoms with Gasteiger partial charge in [0.15, 0.2) is 23.1 Å². The number of ether oxygens (including phenoxy) is 4. The molecule has 0 unspecified atom stereocenters. The highest BCUT2D eigenvalue weighted by Gasteiger charge is 2.33. The van der Waals surface area contributed by atoms with Gasteiger partial charge < -0.3 is 18.9 Å². The number of esters is 2. The Morgan fingerprint density at radius 2 is 0.780 bits per heavy atom. The molecular formula is C36H30F8O6. The van der Waals surface area contributed by atoms with Crippen molar-refractivity contribution in [3.63, 3.8) is 0 Å². The molecule has 266 valence electrons. The van der Waals surface area contributed by atoms with E-state index in [2.05, 4.69) is 9.47 Å². The highest BCUT2D eigenvalue weighted by atomic mass is 19.4. The lowest BCUT2D eigenvalue weighted by Gasteiger charge is -2.11. The van der Waals surface area contributed by atoms with Crippen molar-refractivity contribution < 1.29 is 63.7 Å². The number of halogens is 8. The van der Waals surface area contributed by atoms with Gasteiger partial charge in [-0.25, -0.2) is 8.78 Å². The number of alkyl halides is 6. The molecule has 4 rings (SSSR count). The van der Waals surface area contributed by atoms with Crippen LogP contribution in [-0.2, 0) is 9.59 Å². The fraction of sp³-hybridized carbons (Fsp3) is 0.278. The van der Waals surface area contributed by atoms with Crippen LogP contribution in [0.3, 0.4) is 0 Å². The Kier molecular flexibility index (Phi) is 12.8. The predicted octanol–water partition coefficient (Wildman–Crippen LogP) is 10.7. The van der Waals surface area contributed by atoms with Crippen molar-refractivity contribution in [3.8, 4) is 45.3 Å². The average molecular weight is 711 g/mol. The van der Waals surface area contributed by atoms with Gasteiger partial charge in [0, 0.05) is 12.8 Å². The van der Waals surface area contributed by atoms with E-state index >= 15 is 0 Å². The molecule has 0 N–H and O–H groups in total. The lowest BCUT2D eigenvalue weighted by Crippen LogP contribution is -2.17. The molecule has 0 atom stereocenters. The lowest BCUT2D eigenvalue weighted by molar-refractivity contribution is -0.276. The van der Waals surface area contributed by atoms with Crippen molar-refractivity contribution in [2.75, 3.05) is 0 Å². The molecule has 4 aromatic rings. The van der Waals surface area contributed by atoms with Crippen molar-refractivity contribution in [2.24, 2.45) is 0 Å². The molecule has 0 fully saturated rings. The van der Waals surface area contributed by atoms with Gasteiger partial charge in [-0.05, 0) is 83.6 Å². The quantitative estimate of drug-likeness (QED) is 0.0529. The molecule has 0 heterocycles. The number of unbranched alkanes of at least 4 members (excludes halogenated alkanes) is 5. The van der Waals surface area contributed by atoms with E-state index in [1.165, 1.54) is 36.4 Å². The highest BCUT2D eigenvalue weighted by molar-refractivity contribution is 5.74. The summed E-state index contributed by atoms with van der Waals surface area (Å²) in [4.78, 5) is 24.4. The van der Waals surface area contributed by atoms with Crippen LogP contribution in [0.4, 0.5) is 35.1 Å². The minimum atomic E-state index is -5.01. The summed E-state index contributed by atoms with van der Waals surface area (Å²) < 4.78 is 120. The Hall–Kier alpha value is -5.14. The van der Waals surface area contributed by atoms with Gasteiger partial charge in [-0.15, -0.1) is 26.3 Å². The third-order valence-corrected chi connectivity index (χ3v) is 7.17. The smallest absolute Gasteiger partial charge is 0.427 e. The zero-order chi connectivity index (χ0) is 36.3. The van der Waals surface area contributed by atoms with Gasteiger partial charge in [-0.2, -0.15) is 0 Å². The van der Waals surface area contributed by atoms with Crippen LogP contribution >= 0.6 is 0 Å². The minimum absolute atomic E-state index is 0.186. The molecule has 0 saturated heterocycles. The molecule has 0 aliphatic rings. The molecule has 50 heavy (non-hydrogen) atoms. The predicted molar refractivity (Wildman–Crippen MR) is 165 cm³/mol. The van der Waals surface area contributed by atoms with Gasteiger partial charge in [0.05, 0.1) is 0 Å². The Bertz CT molecular complexity index is 1610. The van der Waals surface area contributed by atoms with Crippen LogP contribution in [0.1, 0.15) is 51.4 Å². The van der Waals surface area contributed by atoms with Gasteiger partial charge >= 0.3 is 24.7 Å². The van der Waals surface area contributed by atoms with Crippen molar-refractivity contribution in [1.29, 1.82) is 0 Å². The average Bonchev–Trinajstić information content (AvgIpc) is 3.04. The monoisotopic (exact) mass is 710 g/mol. The number of hydrogen-bond acceptors (Lipinski definition) is 6. The maximum absolute atomic E-state index is 14.0. The van der Waals surface area contributed by atoms with Crippen LogP contribution in [0.25, 0.3) is 22.3 Å². The summed E-state index contributed by atoms with van der Waals surface area (Å²) in [6, 6.07) is 18.3. The van der Waals surface area contributed by atoms with Crippen molar-refractivity contribution in [3.05, 3.63) is 96.6 Å². The second-order valence-corrected chi connectivity index (χ2v) is 11.0. The van der Waals surface area contributed by atoms with E-state index in [1.54, 1.807) is 24.3 Å². The summed E-state index contributed by atoms with van der Waals surface area (Å²) >= 11 is 0. The van der Waals surface area contributed by atoms with Crippen LogP contribution < -0.4 is 18.9 Å². The van der Waals surface area contributed by atoms with Crippen LogP contribution in [0.15, 0.2) is 84.9 Å². The van der Waals surface area contributed by atoms with Crippen LogP contribution in [0.2, 0.25) is 0 Å². The maximum atomic E-state index is 14.0. The molecule has 0 saturated carbocycles. The molecule has 0 aliphatic carbocycles. The van der Waals surface area contributed by atoms with Crippen molar-refractivity contribution in [1.82, 2.24) is 0 Å². The van der Waals surface area contributed by atoms with Crippen LogP contribution in [0.5, 0.6) is 23.0 Å². The third-order valence-electron chi connectivity index (χ3n) is 7.17. The number of hydrogen-bond donors (Lipinski definition) is 0. The summed E-state index contributed by atoms with van der Waals surface area (Å²) in [6.07, 6.45) is -5.24. The normalized spacial score (nSPS) is 11.6. The van der Waals surface area contributed by atoms with Gasteiger partial charge in [-0.1, -0.05) is 62.1 Å². The zero-order valence-electron chi connectivity index (χ0n) is 26.2. The third kappa shape index (κ3) is 12.4. The molecule has 0 spiro atoms. The fourth-order valence-electron chi connectivity index (χ4n) is 4.82. The highest BCUT2D eigenvalue weighted by Crippen LogP contribution is 2.32. The van der Waals surface area contributed by atoms with E-state index in [9.17, 15) is 44.7 Å². The topological polar surface area (TPSA) is 71.1 Å². The Morgan fingerprint density at radius 1 is 0.460 bits per heavy atom. The Balaban J connectivity index is 1.08. The standard InChI is InChI=1S/C36H30F8O6/c37-29-21-25(13-19-31(29)49-35(39,40)41)23-9-15-27(16-10-23)47-33(45)7-5-3-1-2-4-6-8-34(46)48-28-17-11-24(12-18-28)26-14-20-32(30(38)22-26)50-36(42,43)44/h9-22H,1-8H2.